The topological polar surface area (TPSA) is 24.9 Å². The molecule has 0 radical (unpaired) electrons. The molecule has 1 aromatic carbocycles. The Bertz CT molecular complexity index is 485. The van der Waals surface area contributed by atoms with Gasteiger partial charge in [-0.25, -0.2) is 4.98 Å². The fourth-order valence-corrected chi connectivity index (χ4v) is 3.01. The summed E-state index contributed by atoms with van der Waals surface area (Å²) in [7, 11) is 1.98. The summed E-state index contributed by atoms with van der Waals surface area (Å²) in [6.07, 6.45) is 2.67. The minimum atomic E-state index is 0.773. The van der Waals surface area contributed by atoms with Crippen LogP contribution in [0.5, 0.6) is 0 Å². The molecule has 15 heavy (non-hydrogen) atoms. The fourth-order valence-electron chi connectivity index (χ4n) is 1.81. The number of thiazole rings is 1. The first-order valence-corrected chi connectivity index (χ1v) is 6.22. The Morgan fingerprint density at radius 2 is 2.33 bits per heavy atom. The van der Waals surface area contributed by atoms with E-state index in [0.717, 1.165) is 12.5 Å². The summed E-state index contributed by atoms with van der Waals surface area (Å²) < 4.78 is 1.34. The third-order valence-corrected chi connectivity index (χ3v) is 3.96. The first-order valence-electron chi connectivity index (χ1n) is 5.41. The normalized spacial score (nSPS) is 16.1. The zero-order chi connectivity index (χ0) is 10.3. The van der Waals surface area contributed by atoms with Crippen molar-refractivity contribution in [2.45, 2.75) is 25.3 Å². The second-order valence-electron chi connectivity index (χ2n) is 4.16. The molecule has 2 aromatic rings. The van der Waals surface area contributed by atoms with Gasteiger partial charge in [-0.1, -0.05) is 6.07 Å². The maximum Gasteiger partial charge on any atom is 0.0969 e. The number of fused-ring (bicyclic) bond motifs is 1. The van der Waals surface area contributed by atoms with Crippen LogP contribution in [0, 0.1) is 0 Å². The van der Waals surface area contributed by atoms with E-state index in [9.17, 15) is 0 Å². The maximum atomic E-state index is 4.67. The van der Waals surface area contributed by atoms with Gasteiger partial charge in [0.15, 0.2) is 0 Å². The molecule has 1 aliphatic rings. The van der Waals surface area contributed by atoms with Gasteiger partial charge in [0.1, 0.15) is 0 Å². The second kappa shape index (κ2) is 3.58. The van der Waals surface area contributed by atoms with Gasteiger partial charge in [-0.2, -0.15) is 0 Å². The van der Waals surface area contributed by atoms with Crippen LogP contribution in [0.3, 0.4) is 0 Å². The summed E-state index contributed by atoms with van der Waals surface area (Å²) in [5.74, 6) is 0.773. The predicted molar refractivity (Wildman–Crippen MR) is 64.4 cm³/mol. The van der Waals surface area contributed by atoms with Crippen LogP contribution in [-0.2, 0) is 6.54 Å². The van der Waals surface area contributed by atoms with E-state index >= 15 is 0 Å². The summed E-state index contributed by atoms with van der Waals surface area (Å²) in [6.45, 7) is 0.937. The quantitative estimate of drug-likeness (QED) is 0.857. The Labute approximate surface area is 93.3 Å². The summed E-state index contributed by atoms with van der Waals surface area (Å²) in [6, 6.07) is 6.56. The van der Waals surface area contributed by atoms with Crippen LogP contribution < -0.4 is 5.32 Å². The lowest BCUT2D eigenvalue weighted by Gasteiger charge is -1.98. The molecule has 78 valence electrons. The predicted octanol–water partition coefficient (Wildman–Crippen LogP) is 2.89. The van der Waals surface area contributed by atoms with Crippen molar-refractivity contribution in [2.24, 2.45) is 0 Å². The first kappa shape index (κ1) is 9.31. The SMILES string of the molecule is CNCc1ccc2nc(C3CC3)sc2c1. The van der Waals surface area contributed by atoms with Crippen LogP contribution in [0.2, 0.25) is 0 Å². The van der Waals surface area contributed by atoms with Gasteiger partial charge in [0.25, 0.3) is 0 Å². The van der Waals surface area contributed by atoms with Crippen LogP contribution >= 0.6 is 11.3 Å². The number of hydrogen-bond donors (Lipinski definition) is 1. The molecule has 0 unspecified atom stereocenters. The Hall–Kier alpha value is -0.930. The van der Waals surface area contributed by atoms with Crippen molar-refractivity contribution >= 4 is 21.6 Å². The molecule has 0 bridgehead atoms. The molecule has 1 saturated carbocycles. The molecule has 0 spiro atoms. The highest BCUT2D eigenvalue weighted by molar-refractivity contribution is 7.18. The number of nitrogens with zero attached hydrogens (tertiary/aromatic N) is 1. The third kappa shape index (κ3) is 1.77. The number of nitrogens with one attached hydrogen (secondary N) is 1. The van der Waals surface area contributed by atoms with E-state index < -0.39 is 0 Å². The van der Waals surface area contributed by atoms with Crippen molar-refractivity contribution in [1.82, 2.24) is 10.3 Å². The molecule has 3 heteroatoms. The molecule has 2 nitrogen and oxygen atoms in total. The van der Waals surface area contributed by atoms with Crippen molar-refractivity contribution in [3.8, 4) is 0 Å². The lowest BCUT2D eigenvalue weighted by atomic mass is 10.2. The molecular weight excluding hydrogens is 204 g/mol. The van der Waals surface area contributed by atoms with Crippen molar-refractivity contribution < 1.29 is 0 Å². The summed E-state index contributed by atoms with van der Waals surface area (Å²) in [5.41, 5.74) is 2.51. The van der Waals surface area contributed by atoms with Crippen molar-refractivity contribution in [3.63, 3.8) is 0 Å². The number of aromatic nitrogens is 1. The van der Waals surface area contributed by atoms with E-state index in [4.69, 9.17) is 0 Å². The lowest BCUT2D eigenvalue weighted by molar-refractivity contribution is 0.819. The van der Waals surface area contributed by atoms with Crippen LogP contribution in [0.25, 0.3) is 10.2 Å². The molecule has 0 amide bonds. The third-order valence-electron chi connectivity index (χ3n) is 2.78. The van der Waals surface area contributed by atoms with Crippen LogP contribution in [0.15, 0.2) is 18.2 Å². The fraction of sp³-hybridized carbons (Fsp3) is 0.417. The Morgan fingerprint density at radius 1 is 1.47 bits per heavy atom. The molecule has 1 aromatic heterocycles. The van der Waals surface area contributed by atoms with Crippen LogP contribution in [0.1, 0.15) is 29.3 Å². The van der Waals surface area contributed by atoms with Gasteiger partial charge >= 0.3 is 0 Å². The zero-order valence-corrected chi connectivity index (χ0v) is 9.60. The van der Waals surface area contributed by atoms with Gasteiger partial charge in [-0.15, -0.1) is 11.3 Å². The van der Waals surface area contributed by atoms with Crippen molar-refractivity contribution in [3.05, 3.63) is 28.8 Å². The largest absolute Gasteiger partial charge is 0.316 e. The highest BCUT2D eigenvalue weighted by Gasteiger charge is 2.26. The van der Waals surface area contributed by atoms with Crippen LogP contribution in [0.4, 0.5) is 0 Å². The van der Waals surface area contributed by atoms with Gasteiger partial charge in [0.2, 0.25) is 0 Å². The highest BCUT2D eigenvalue weighted by Crippen LogP contribution is 2.43. The van der Waals surface area contributed by atoms with E-state index in [0.29, 0.717) is 0 Å². The Morgan fingerprint density at radius 3 is 3.07 bits per heavy atom. The smallest absolute Gasteiger partial charge is 0.0969 e. The number of hydrogen-bond acceptors (Lipinski definition) is 3. The average molecular weight is 218 g/mol. The van der Waals surface area contributed by atoms with E-state index in [2.05, 4.69) is 28.5 Å². The number of rotatable bonds is 3. The zero-order valence-electron chi connectivity index (χ0n) is 8.79. The molecule has 1 N–H and O–H groups in total. The van der Waals surface area contributed by atoms with Gasteiger partial charge < -0.3 is 5.32 Å². The van der Waals surface area contributed by atoms with E-state index in [1.54, 1.807) is 0 Å². The molecule has 0 saturated heterocycles. The minimum Gasteiger partial charge on any atom is -0.316 e. The summed E-state index contributed by atoms with van der Waals surface area (Å²) in [4.78, 5) is 4.67. The van der Waals surface area contributed by atoms with E-state index in [1.807, 2.05) is 18.4 Å². The molecule has 1 aliphatic carbocycles. The van der Waals surface area contributed by atoms with E-state index in [1.165, 1.54) is 33.6 Å². The van der Waals surface area contributed by atoms with Crippen LogP contribution in [-0.4, -0.2) is 12.0 Å². The van der Waals surface area contributed by atoms with Gasteiger partial charge in [0.05, 0.1) is 15.2 Å². The lowest BCUT2D eigenvalue weighted by Crippen LogP contribution is -2.04. The second-order valence-corrected chi connectivity index (χ2v) is 5.22. The molecule has 1 fully saturated rings. The van der Waals surface area contributed by atoms with E-state index in [-0.39, 0.29) is 0 Å². The molecule has 0 atom stereocenters. The van der Waals surface area contributed by atoms with Gasteiger partial charge in [0, 0.05) is 12.5 Å². The monoisotopic (exact) mass is 218 g/mol. The molecule has 0 aliphatic heterocycles. The molecule has 3 rings (SSSR count). The maximum absolute atomic E-state index is 4.67. The minimum absolute atomic E-state index is 0.773. The highest BCUT2D eigenvalue weighted by atomic mass is 32.1. The van der Waals surface area contributed by atoms with Gasteiger partial charge in [-0.3, -0.25) is 0 Å². The molecule has 1 heterocycles. The molecular formula is C12H14N2S. The Kier molecular flexibility index (Phi) is 2.22. The average Bonchev–Trinajstić information content (AvgIpc) is 2.99. The first-order chi connectivity index (χ1) is 7.36. The Balaban J connectivity index is 2.02. The summed E-state index contributed by atoms with van der Waals surface area (Å²) >= 11 is 1.87. The summed E-state index contributed by atoms with van der Waals surface area (Å²) in [5, 5.41) is 4.51. The standard InChI is InChI=1S/C12H14N2S/c1-13-7-8-2-5-10-11(6-8)15-12(14-10)9-3-4-9/h2,5-6,9,13H,3-4,7H2,1H3. The van der Waals surface area contributed by atoms with Crippen molar-refractivity contribution in [2.75, 3.05) is 7.05 Å². The van der Waals surface area contributed by atoms with Gasteiger partial charge in [-0.05, 0) is 37.6 Å². The number of benzene rings is 1. The van der Waals surface area contributed by atoms with Crippen molar-refractivity contribution in [1.29, 1.82) is 0 Å².